The van der Waals surface area contributed by atoms with Gasteiger partial charge in [0, 0.05) is 22.6 Å². The van der Waals surface area contributed by atoms with Crippen LogP contribution in [0, 0.1) is 0 Å². The van der Waals surface area contributed by atoms with Crippen molar-refractivity contribution in [3.05, 3.63) is 89.1 Å². The second kappa shape index (κ2) is 5.04. The highest BCUT2D eigenvalue weighted by Crippen LogP contribution is 2.51. The van der Waals surface area contributed by atoms with Gasteiger partial charge >= 0.3 is 0 Å². The van der Waals surface area contributed by atoms with Gasteiger partial charge in [0.15, 0.2) is 0 Å². The number of rotatable bonds is 1. The molecule has 0 unspecified atom stereocenters. The van der Waals surface area contributed by atoms with Crippen molar-refractivity contribution in [1.82, 2.24) is 4.98 Å². The molecule has 24 heavy (non-hydrogen) atoms. The largest absolute Gasteiger partial charge is 0.256 e. The molecule has 0 spiro atoms. The summed E-state index contributed by atoms with van der Waals surface area (Å²) in [6.45, 7) is 9.35. The lowest BCUT2D eigenvalue weighted by molar-refractivity contribution is 0.522. The summed E-state index contributed by atoms with van der Waals surface area (Å²) >= 11 is 0. The van der Waals surface area contributed by atoms with Crippen LogP contribution >= 0.6 is 0 Å². The Morgan fingerprint density at radius 3 is 1.92 bits per heavy atom. The Bertz CT molecular complexity index is 904. The third kappa shape index (κ3) is 1.97. The first kappa shape index (κ1) is 15.1. The number of fused-ring (bicyclic) bond motifs is 2. The third-order valence-corrected chi connectivity index (χ3v) is 5.58. The minimum atomic E-state index is -0.0461. The smallest absolute Gasteiger partial charge is 0.0705 e. The van der Waals surface area contributed by atoms with E-state index in [-0.39, 0.29) is 10.8 Å². The maximum absolute atomic E-state index is 4.63. The van der Waals surface area contributed by atoms with E-state index in [9.17, 15) is 0 Å². The molecule has 1 nitrogen and oxygen atoms in total. The van der Waals surface area contributed by atoms with Gasteiger partial charge in [-0.3, -0.25) is 4.98 Å². The first-order chi connectivity index (χ1) is 11.4. The van der Waals surface area contributed by atoms with Crippen LogP contribution < -0.4 is 0 Å². The molecule has 0 fully saturated rings. The molecule has 120 valence electrons. The fourth-order valence-electron chi connectivity index (χ4n) is 4.33. The topological polar surface area (TPSA) is 12.9 Å². The monoisotopic (exact) mass is 313 g/mol. The van der Waals surface area contributed by atoms with Crippen molar-refractivity contribution in [1.29, 1.82) is 0 Å². The van der Waals surface area contributed by atoms with E-state index in [0.717, 1.165) is 5.69 Å². The van der Waals surface area contributed by atoms with Gasteiger partial charge in [0.25, 0.3) is 0 Å². The van der Waals surface area contributed by atoms with Gasteiger partial charge in [0.1, 0.15) is 0 Å². The van der Waals surface area contributed by atoms with Crippen LogP contribution in [0.15, 0.2) is 66.9 Å². The van der Waals surface area contributed by atoms with E-state index >= 15 is 0 Å². The number of pyridine rings is 1. The van der Waals surface area contributed by atoms with E-state index in [1.807, 2.05) is 12.3 Å². The lowest BCUT2D eigenvalue weighted by Crippen LogP contribution is -2.37. The molecule has 1 heteroatoms. The lowest BCUT2D eigenvalue weighted by atomic mass is 9.59. The molecule has 1 aliphatic carbocycles. The van der Waals surface area contributed by atoms with Gasteiger partial charge in [-0.25, -0.2) is 0 Å². The van der Waals surface area contributed by atoms with Crippen LogP contribution in [0.5, 0.6) is 0 Å². The number of hydrogen-bond donors (Lipinski definition) is 0. The van der Waals surface area contributed by atoms with Gasteiger partial charge in [0.2, 0.25) is 0 Å². The number of nitrogens with zero attached hydrogens (tertiary/aromatic N) is 1. The quantitative estimate of drug-likeness (QED) is 0.560. The summed E-state index contributed by atoms with van der Waals surface area (Å²) in [6, 6.07) is 21.7. The molecule has 4 rings (SSSR count). The molecule has 0 atom stereocenters. The van der Waals surface area contributed by atoms with Crippen LogP contribution in [0.3, 0.4) is 0 Å². The average molecular weight is 313 g/mol. The van der Waals surface area contributed by atoms with Crippen molar-refractivity contribution in [2.75, 3.05) is 0 Å². The van der Waals surface area contributed by atoms with E-state index in [1.54, 1.807) is 0 Å². The summed E-state index contributed by atoms with van der Waals surface area (Å²) < 4.78 is 0. The Kier molecular flexibility index (Phi) is 3.18. The van der Waals surface area contributed by atoms with Crippen molar-refractivity contribution >= 4 is 0 Å². The van der Waals surface area contributed by atoms with E-state index in [1.165, 1.54) is 27.8 Å². The van der Waals surface area contributed by atoms with Gasteiger partial charge in [0.05, 0.1) is 5.69 Å². The molecule has 1 aromatic heterocycles. The van der Waals surface area contributed by atoms with Crippen molar-refractivity contribution in [3.63, 3.8) is 0 Å². The first-order valence-corrected chi connectivity index (χ1v) is 8.59. The van der Waals surface area contributed by atoms with Crippen molar-refractivity contribution in [2.24, 2.45) is 0 Å². The first-order valence-electron chi connectivity index (χ1n) is 8.59. The average Bonchev–Trinajstić information content (AvgIpc) is 2.61. The maximum atomic E-state index is 4.63. The van der Waals surface area contributed by atoms with Crippen molar-refractivity contribution < 1.29 is 0 Å². The van der Waals surface area contributed by atoms with Crippen LogP contribution in [0.4, 0.5) is 0 Å². The van der Waals surface area contributed by atoms with E-state index in [4.69, 9.17) is 0 Å². The summed E-state index contributed by atoms with van der Waals surface area (Å²) in [5, 5.41) is 0. The summed E-state index contributed by atoms with van der Waals surface area (Å²) in [7, 11) is 0. The predicted molar refractivity (Wildman–Crippen MR) is 100 cm³/mol. The van der Waals surface area contributed by atoms with Crippen LogP contribution in [0.2, 0.25) is 0 Å². The fourth-order valence-corrected chi connectivity index (χ4v) is 4.33. The maximum Gasteiger partial charge on any atom is 0.0705 e. The zero-order valence-corrected chi connectivity index (χ0v) is 14.8. The van der Waals surface area contributed by atoms with Gasteiger partial charge in [-0.2, -0.15) is 0 Å². The Hall–Kier alpha value is -2.41. The highest BCUT2D eigenvalue weighted by Gasteiger charge is 2.42. The predicted octanol–water partition coefficient (Wildman–Crippen LogP) is 5.71. The van der Waals surface area contributed by atoms with Crippen LogP contribution in [0.1, 0.15) is 49.9 Å². The summed E-state index contributed by atoms with van der Waals surface area (Å²) in [6.07, 6.45) is 1.88. The molecule has 0 saturated heterocycles. The molecule has 0 N–H and O–H groups in total. The molecule has 0 radical (unpaired) electrons. The Labute approximate surface area is 144 Å². The highest BCUT2D eigenvalue weighted by molar-refractivity contribution is 5.73. The molecule has 0 bridgehead atoms. The zero-order valence-electron chi connectivity index (χ0n) is 14.8. The lowest BCUT2D eigenvalue weighted by Gasteiger charge is -2.44. The zero-order chi connectivity index (χ0) is 16.9. The standard InChI is InChI=1S/C23H23N/c1-22(2)17-11-5-6-12-18(17)23(3,4)21-16(10-9-13-19(21)22)20-14-7-8-15-24-20/h5-15H,1-4H3. The van der Waals surface area contributed by atoms with Crippen molar-refractivity contribution in [2.45, 2.75) is 38.5 Å². The van der Waals surface area contributed by atoms with Gasteiger partial charge < -0.3 is 0 Å². The molecule has 3 aromatic rings. The Morgan fingerprint density at radius 2 is 1.25 bits per heavy atom. The SMILES string of the molecule is CC1(C)c2ccccc2C(C)(C)c2c(-c3ccccn3)cccc21. The molecule has 0 aliphatic heterocycles. The number of aromatic nitrogens is 1. The molecule has 0 amide bonds. The van der Waals surface area contributed by atoms with Gasteiger partial charge in [-0.15, -0.1) is 0 Å². The Balaban J connectivity index is 2.09. The van der Waals surface area contributed by atoms with Crippen LogP contribution in [-0.2, 0) is 10.8 Å². The molecular weight excluding hydrogens is 290 g/mol. The van der Waals surface area contributed by atoms with Crippen LogP contribution in [0.25, 0.3) is 11.3 Å². The van der Waals surface area contributed by atoms with Crippen molar-refractivity contribution in [3.8, 4) is 11.3 Å². The minimum Gasteiger partial charge on any atom is -0.256 e. The molecule has 2 aromatic carbocycles. The van der Waals surface area contributed by atoms with E-state index in [0.29, 0.717) is 0 Å². The van der Waals surface area contributed by atoms with Gasteiger partial charge in [-0.1, -0.05) is 76.2 Å². The minimum absolute atomic E-state index is 0.00770. The molecular formula is C23H23N. The van der Waals surface area contributed by atoms with Gasteiger partial charge in [-0.05, 0) is 34.4 Å². The highest BCUT2D eigenvalue weighted by atomic mass is 14.7. The summed E-state index contributed by atoms with van der Waals surface area (Å²) in [5.41, 5.74) is 7.92. The van der Waals surface area contributed by atoms with E-state index in [2.05, 4.69) is 87.3 Å². The molecule has 0 saturated carbocycles. The van der Waals surface area contributed by atoms with E-state index < -0.39 is 0 Å². The number of benzene rings is 2. The third-order valence-electron chi connectivity index (χ3n) is 5.58. The summed E-state index contributed by atoms with van der Waals surface area (Å²) in [5.74, 6) is 0. The second-order valence-corrected chi connectivity index (χ2v) is 7.74. The fraction of sp³-hybridized carbons (Fsp3) is 0.261. The Morgan fingerprint density at radius 1 is 0.625 bits per heavy atom. The molecule has 1 aliphatic rings. The summed E-state index contributed by atoms with van der Waals surface area (Å²) in [4.78, 5) is 4.63. The second-order valence-electron chi connectivity index (χ2n) is 7.74. The number of hydrogen-bond acceptors (Lipinski definition) is 1. The normalized spacial score (nSPS) is 17.0. The molecule has 1 heterocycles. The van der Waals surface area contributed by atoms with Crippen LogP contribution in [-0.4, -0.2) is 4.98 Å².